The summed E-state index contributed by atoms with van der Waals surface area (Å²) >= 11 is 0. The first kappa shape index (κ1) is 23.4. The van der Waals surface area contributed by atoms with Crippen molar-refractivity contribution >= 4 is 16.7 Å². The monoisotopic (exact) mass is 427 g/mol. The number of nitrogens with zero attached hydrogens (tertiary/aromatic N) is 3. The van der Waals surface area contributed by atoms with Crippen molar-refractivity contribution < 1.29 is 0 Å². The summed E-state index contributed by atoms with van der Waals surface area (Å²) in [6, 6.07) is 16.8. The number of aryl methyl sites for hydroxylation is 1. The molecule has 0 aliphatic carbocycles. The minimum atomic E-state index is 0.796. The third-order valence-corrected chi connectivity index (χ3v) is 5.29. The molecule has 2 N–H and O–H groups in total. The highest BCUT2D eigenvalue weighted by Gasteiger charge is 2.16. The van der Waals surface area contributed by atoms with Gasteiger partial charge in [0.1, 0.15) is 5.71 Å². The van der Waals surface area contributed by atoms with Gasteiger partial charge in [-0.05, 0) is 53.9 Å². The van der Waals surface area contributed by atoms with Crippen LogP contribution in [0.4, 0.5) is 0 Å². The number of hydrogen-bond donors (Lipinski definition) is 2. The average molecular weight is 428 g/mol. The molecular formula is C27H33N5. The second-order valence-corrected chi connectivity index (χ2v) is 7.26. The lowest BCUT2D eigenvalue weighted by atomic mass is 9.95. The van der Waals surface area contributed by atoms with Crippen LogP contribution < -0.4 is 5.32 Å². The molecule has 2 aromatic carbocycles. The zero-order valence-electron chi connectivity index (χ0n) is 19.7. The number of para-hydroxylation sites is 2. The number of H-pyrrole nitrogens is 1. The molecule has 5 heteroatoms. The first-order valence-corrected chi connectivity index (χ1v) is 11.4. The molecule has 0 atom stereocenters. The zero-order chi connectivity index (χ0) is 22.9. The van der Waals surface area contributed by atoms with Gasteiger partial charge < -0.3 is 10.3 Å². The Hall–Kier alpha value is -3.31. The molecule has 5 nitrogen and oxygen atoms in total. The van der Waals surface area contributed by atoms with E-state index in [1.54, 1.807) is 0 Å². The van der Waals surface area contributed by atoms with Crippen LogP contribution in [0.25, 0.3) is 22.2 Å². The molecule has 0 unspecified atom stereocenters. The molecule has 0 amide bonds. The smallest absolute Gasteiger partial charge is 0.157 e. The van der Waals surface area contributed by atoms with Crippen LogP contribution in [0.3, 0.4) is 0 Å². The molecule has 166 valence electrons. The van der Waals surface area contributed by atoms with E-state index in [-0.39, 0.29) is 0 Å². The van der Waals surface area contributed by atoms with Crippen LogP contribution in [-0.2, 0) is 13.0 Å². The summed E-state index contributed by atoms with van der Waals surface area (Å²) in [5.74, 6) is 0.796. The van der Waals surface area contributed by atoms with Gasteiger partial charge >= 0.3 is 0 Å². The summed E-state index contributed by atoms with van der Waals surface area (Å²) in [5, 5.41) is 3.36. The molecule has 0 spiro atoms. The number of hydrogen-bond acceptors (Lipinski definition) is 4. The third kappa shape index (κ3) is 5.11. The van der Waals surface area contributed by atoms with Crippen molar-refractivity contribution in [2.45, 2.75) is 40.7 Å². The fourth-order valence-corrected chi connectivity index (χ4v) is 3.72. The van der Waals surface area contributed by atoms with Crippen molar-refractivity contribution in [2.24, 2.45) is 4.99 Å². The quantitative estimate of drug-likeness (QED) is 0.367. The number of benzene rings is 2. The van der Waals surface area contributed by atoms with E-state index < -0.39 is 0 Å². The van der Waals surface area contributed by atoms with Crippen molar-refractivity contribution in [1.82, 2.24) is 20.3 Å². The van der Waals surface area contributed by atoms with Crippen molar-refractivity contribution in [3.05, 3.63) is 83.4 Å². The first-order chi connectivity index (χ1) is 15.7. The number of pyridine rings is 1. The molecule has 4 rings (SSSR count). The van der Waals surface area contributed by atoms with Gasteiger partial charge in [-0.1, -0.05) is 52.0 Å². The molecule has 4 aromatic rings. The zero-order valence-corrected chi connectivity index (χ0v) is 19.7. The Morgan fingerprint density at radius 3 is 2.53 bits per heavy atom. The average Bonchev–Trinajstić information content (AvgIpc) is 3.28. The van der Waals surface area contributed by atoms with Gasteiger partial charge in [-0.15, -0.1) is 0 Å². The minimum Gasteiger partial charge on any atom is -0.337 e. The Morgan fingerprint density at radius 2 is 1.81 bits per heavy atom. The standard InChI is InChI=1S/C25H27N5.C2H6/c1-4-18-10-11-19(20-12-17(14-27-5-2)15-28-16-20)13-21(18)24(26-3)25-29-22-8-6-7-9-23(22)30-25;1-2/h6-13,15-16,27H,4-5,14H2,1-3H3,(H,29,30);1-2H3. The summed E-state index contributed by atoms with van der Waals surface area (Å²) < 4.78 is 0. The fourth-order valence-electron chi connectivity index (χ4n) is 3.72. The Balaban J connectivity index is 0.00000141. The van der Waals surface area contributed by atoms with Crippen LogP contribution in [0.5, 0.6) is 0 Å². The maximum atomic E-state index is 4.78. The topological polar surface area (TPSA) is 66.0 Å². The van der Waals surface area contributed by atoms with Crippen LogP contribution in [0.15, 0.2) is 65.9 Å². The molecule has 0 aliphatic heterocycles. The van der Waals surface area contributed by atoms with E-state index in [1.807, 2.05) is 57.6 Å². The third-order valence-electron chi connectivity index (χ3n) is 5.29. The molecule has 0 radical (unpaired) electrons. The van der Waals surface area contributed by atoms with Crippen LogP contribution >= 0.6 is 0 Å². The molecule has 32 heavy (non-hydrogen) atoms. The number of rotatable bonds is 7. The summed E-state index contributed by atoms with van der Waals surface area (Å²) in [7, 11) is 1.83. The first-order valence-electron chi connectivity index (χ1n) is 11.4. The van der Waals surface area contributed by atoms with E-state index >= 15 is 0 Å². The van der Waals surface area contributed by atoms with E-state index in [4.69, 9.17) is 4.98 Å². The van der Waals surface area contributed by atoms with Crippen LogP contribution in [0, 0.1) is 0 Å². The highest BCUT2D eigenvalue weighted by atomic mass is 14.9. The molecule has 2 aromatic heterocycles. The predicted molar refractivity (Wildman–Crippen MR) is 135 cm³/mol. The number of aromatic nitrogens is 3. The van der Waals surface area contributed by atoms with E-state index in [0.29, 0.717) is 0 Å². The van der Waals surface area contributed by atoms with Gasteiger partial charge in [0.15, 0.2) is 5.82 Å². The maximum absolute atomic E-state index is 4.78. The van der Waals surface area contributed by atoms with E-state index in [0.717, 1.165) is 58.8 Å². The Kier molecular flexibility index (Phi) is 8.28. The van der Waals surface area contributed by atoms with E-state index in [1.165, 1.54) is 11.1 Å². The number of imidazole rings is 1. The second-order valence-electron chi connectivity index (χ2n) is 7.26. The van der Waals surface area contributed by atoms with Gasteiger partial charge in [0.05, 0.1) is 11.0 Å². The summed E-state index contributed by atoms with van der Waals surface area (Å²) in [6.45, 7) is 10.0. The molecule has 0 saturated carbocycles. The molecular weight excluding hydrogens is 394 g/mol. The number of aromatic amines is 1. The highest BCUT2D eigenvalue weighted by molar-refractivity contribution is 6.13. The lowest BCUT2D eigenvalue weighted by molar-refractivity contribution is 0.724. The number of fused-ring (bicyclic) bond motifs is 1. The van der Waals surface area contributed by atoms with Gasteiger partial charge in [-0.3, -0.25) is 9.98 Å². The highest BCUT2D eigenvalue weighted by Crippen LogP contribution is 2.26. The van der Waals surface area contributed by atoms with Crippen LogP contribution in [0.1, 0.15) is 50.2 Å². The lowest BCUT2D eigenvalue weighted by Gasteiger charge is -2.12. The van der Waals surface area contributed by atoms with Crippen molar-refractivity contribution in [2.75, 3.05) is 13.6 Å². The molecule has 0 bridgehead atoms. The van der Waals surface area contributed by atoms with Crippen LogP contribution in [0.2, 0.25) is 0 Å². The van der Waals surface area contributed by atoms with Crippen molar-refractivity contribution in [1.29, 1.82) is 0 Å². The SMILES string of the molecule is CC.CCNCc1cncc(-c2ccc(CC)c(C(=NC)c3nc4ccccc4[nH]3)c2)c1. The Labute approximate surface area is 191 Å². The molecule has 2 heterocycles. The lowest BCUT2D eigenvalue weighted by Crippen LogP contribution is -2.12. The predicted octanol–water partition coefficient (Wildman–Crippen LogP) is 5.79. The fraction of sp³-hybridized carbons (Fsp3) is 0.296. The minimum absolute atomic E-state index is 0.796. The van der Waals surface area contributed by atoms with Gasteiger partial charge in [-0.25, -0.2) is 4.98 Å². The van der Waals surface area contributed by atoms with E-state index in [2.05, 4.69) is 58.4 Å². The largest absolute Gasteiger partial charge is 0.337 e. The normalized spacial score (nSPS) is 11.3. The molecule has 0 fully saturated rings. The van der Waals surface area contributed by atoms with Gasteiger partial charge in [0.25, 0.3) is 0 Å². The van der Waals surface area contributed by atoms with E-state index in [9.17, 15) is 0 Å². The van der Waals surface area contributed by atoms with Crippen molar-refractivity contribution in [3.63, 3.8) is 0 Å². The summed E-state index contributed by atoms with van der Waals surface area (Å²) in [4.78, 5) is 17.3. The van der Waals surface area contributed by atoms with Gasteiger partial charge in [0.2, 0.25) is 0 Å². The van der Waals surface area contributed by atoms with Crippen molar-refractivity contribution in [3.8, 4) is 11.1 Å². The maximum Gasteiger partial charge on any atom is 0.157 e. The van der Waals surface area contributed by atoms with Crippen LogP contribution in [-0.4, -0.2) is 34.3 Å². The summed E-state index contributed by atoms with van der Waals surface area (Å²) in [6.07, 6.45) is 4.76. The molecule has 0 aliphatic rings. The Bertz CT molecular complexity index is 1160. The number of nitrogens with one attached hydrogen (secondary N) is 2. The summed E-state index contributed by atoms with van der Waals surface area (Å²) in [5.41, 5.74) is 8.61. The second kappa shape index (κ2) is 11.3. The van der Waals surface area contributed by atoms with Gasteiger partial charge in [-0.2, -0.15) is 0 Å². The Morgan fingerprint density at radius 1 is 1.00 bits per heavy atom. The number of aliphatic imine (C=N–C) groups is 1. The van der Waals surface area contributed by atoms with Gasteiger partial charge in [0, 0.05) is 37.1 Å². The molecule has 0 saturated heterocycles.